The Kier molecular flexibility index (Phi) is 5.59. The highest BCUT2D eigenvalue weighted by molar-refractivity contribution is 6.01. The van der Waals surface area contributed by atoms with Crippen molar-refractivity contribution < 1.29 is 9.90 Å². The van der Waals surface area contributed by atoms with E-state index in [1.54, 1.807) is 0 Å². The standard InChI is InChI=1S/C25H23N7O2/c1-3-6-21-27-22-15(2)26-13-20(25(33)34)23(22)32(21)14-16-9-11-17(12-10-16)18-7-4-5-8-19(18)24-28-30-31-29-24/h4-5,7-13H,3,6,14H2,1-2H3,(H,33,34)(H,28,29,30,31). The van der Waals surface area contributed by atoms with Crippen molar-refractivity contribution in [1.29, 1.82) is 0 Å². The predicted molar refractivity (Wildman–Crippen MR) is 127 cm³/mol. The van der Waals surface area contributed by atoms with Gasteiger partial charge in [-0.05, 0) is 35.2 Å². The second-order valence-electron chi connectivity index (χ2n) is 8.10. The van der Waals surface area contributed by atoms with E-state index >= 15 is 0 Å². The number of benzene rings is 2. The Morgan fingerprint density at radius 3 is 2.53 bits per heavy atom. The summed E-state index contributed by atoms with van der Waals surface area (Å²) in [5.41, 5.74) is 6.13. The Morgan fingerprint density at radius 1 is 1.09 bits per heavy atom. The number of hydrogen-bond donors (Lipinski definition) is 2. The van der Waals surface area contributed by atoms with E-state index in [2.05, 4.69) is 56.8 Å². The van der Waals surface area contributed by atoms with Crippen LogP contribution in [0.1, 0.15) is 40.8 Å². The van der Waals surface area contributed by atoms with Gasteiger partial charge >= 0.3 is 5.97 Å². The molecule has 9 heteroatoms. The van der Waals surface area contributed by atoms with Crippen LogP contribution in [0.3, 0.4) is 0 Å². The number of aromatic carboxylic acids is 1. The van der Waals surface area contributed by atoms with E-state index in [0.717, 1.165) is 46.6 Å². The number of aromatic amines is 1. The number of rotatable bonds is 7. The zero-order chi connectivity index (χ0) is 23.7. The molecule has 9 nitrogen and oxygen atoms in total. The number of pyridine rings is 1. The highest BCUT2D eigenvalue weighted by Crippen LogP contribution is 2.30. The van der Waals surface area contributed by atoms with Gasteiger partial charge in [0.15, 0.2) is 0 Å². The van der Waals surface area contributed by atoms with Crippen molar-refractivity contribution >= 4 is 17.0 Å². The first-order valence-corrected chi connectivity index (χ1v) is 11.1. The topological polar surface area (TPSA) is 122 Å². The van der Waals surface area contributed by atoms with Gasteiger partial charge in [0.1, 0.15) is 16.9 Å². The monoisotopic (exact) mass is 453 g/mol. The van der Waals surface area contributed by atoms with E-state index in [9.17, 15) is 9.90 Å². The van der Waals surface area contributed by atoms with Crippen LogP contribution >= 0.6 is 0 Å². The summed E-state index contributed by atoms with van der Waals surface area (Å²) in [6, 6.07) is 16.1. The minimum absolute atomic E-state index is 0.168. The molecule has 34 heavy (non-hydrogen) atoms. The number of tetrazole rings is 1. The molecule has 0 bridgehead atoms. The zero-order valence-electron chi connectivity index (χ0n) is 18.9. The maximum absolute atomic E-state index is 11.9. The molecule has 0 atom stereocenters. The molecule has 0 fully saturated rings. The van der Waals surface area contributed by atoms with Crippen molar-refractivity contribution in [1.82, 2.24) is 35.2 Å². The van der Waals surface area contributed by atoms with Gasteiger partial charge < -0.3 is 9.67 Å². The third-order valence-corrected chi connectivity index (χ3v) is 5.85. The van der Waals surface area contributed by atoms with Gasteiger partial charge in [0, 0.05) is 24.7 Å². The van der Waals surface area contributed by atoms with Crippen molar-refractivity contribution in [3.8, 4) is 22.5 Å². The first kappa shape index (κ1) is 21.4. The fraction of sp³-hybridized carbons (Fsp3) is 0.200. The molecule has 0 aliphatic heterocycles. The molecule has 0 unspecified atom stereocenters. The van der Waals surface area contributed by atoms with Crippen molar-refractivity contribution in [3.05, 3.63) is 77.4 Å². The Morgan fingerprint density at radius 2 is 1.85 bits per heavy atom. The van der Waals surface area contributed by atoms with Crippen molar-refractivity contribution in [3.63, 3.8) is 0 Å². The van der Waals surface area contributed by atoms with Gasteiger partial charge in [-0.3, -0.25) is 4.98 Å². The number of aromatic nitrogens is 7. The summed E-state index contributed by atoms with van der Waals surface area (Å²) in [6.45, 7) is 4.46. The van der Waals surface area contributed by atoms with Crippen LogP contribution in [0.15, 0.2) is 54.7 Å². The summed E-state index contributed by atoms with van der Waals surface area (Å²) in [7, 11) is 0. The largest absolute Gasteiger partial charge is 0.478 e. The molecule has 5 aromatic rings. The van der Waals surface area contributed by atoms with E-state index in [0.29, 0.717) is 23.4 Å². The Labute approximate surface area is 195 Å². The van der Waals surface area contributed by atoms with Gasteiger partial charge in [-0.25, -0.2) is 9.78 Å². The highest BCUT2D eigenvalue weighted by Gasteiger charge is 2.20. The minimum atomic E-state index is -1.00. The van der Waals surface area contributed by atoms with Crippen LogP contribution in [0.5, 0.6) is 0 Å². The number of carboxylic acids is 1. The molecule has 3 aromatic heterocycles. The van der Waals surface area contributed by atoms with Crippen molar-refractivity contribution in [2.45, 2.75) is 33.2 Å². The highest BCUT2D eigenvalue weighted by atomic mass is 16.4. The zero-order valence-corrected chi connectivity index (χ0v) is 18.9. The number of fused-ring (bicyclic) bond motifs is 1. The lowest BCUT2D eigenvalue weighted by Crippen LogP contribution is -2.09. The van der Waals surface area contributed by atoms with Gasteiger partial charge in [-0.2, -0.15) is 5.21 Å². The van der Waals surface area contributed by atoms with Crippen LogP contribution in [-0.4, -0.2) is 46.2 Å². The SMILES string of the molecule is CCCc1nc2c(C)ncc(C(=O)O)c2n1Cc1ccc(-c2ccccc2-c2nn[nH]n2)cc1. The van der Waals surface area contributed by atoms with Crippen LogP contribution in [0.2, 0.25) is 0 Å². The predicted octanol–water partition coefficient (Wildman–Crippen LogP) is 4.29. The molecular formula is C25H23N7O2. The number of carboxylic acid groups (broad SMARTS) is 1. The Hall–Kier alpha value is -4.40. The van der Waals surface area contributed by atoms with Crippen molar-refractivity contribution in [2.75, 3.05) is 0 Å². The number of imidazole rings is 1. The molecule has 0 aliphatic rings. The van der Waals surface area contributed by atoms with E-state index in [-0.39, 0.29) is 5.56 Å². The van der Waals surface area contributed by atoms with Crippen LogP contribution < -0.4 is 0 Å². The second kappa shape index (κ2) is 8.86. The van der Waals surface area contributed by atoms with Crippen LogP contribution in [0.4, 0.5) is 0 Å². The van der Waals surface area contributed by atoms with Gasteiger partial charge in [-0.15, -0.1) is 10.2 Å². The molecule has 0 amide bonds. The van der Waals surface area contributed by atoms with Gasteiger partial charge in [0.2, 0.25) is 5.82 Å². The number of nitrogens with zero attached hydrogens (tertiary/aromatic N) is 6. The van der Waals surface area contributed by atoms with Crippen LogP contribution in [0, 0.1) is 6.92 Å². The molecule has 0 aliphatic carbocycles. The summed E-state index contributed by atoms with van der Waals surface area (Å²) in [6.07, 6.45) is 3.08. The summed E-state index contributed by atoms with van der Waals surface area (Å²) in [5, 5.41) is 24.2. The summed E-state index contributed by atoms with van der Waals surface area (Å²) in [5.74, 6) is 0.400. The lowest BCUT2D eigenvalue weighted by molar-refractivity contribution is 0.0698. The molecule has 2 aromatic carbocycles. The summed E-state index contributed by atoms with van der Waals surface area (Å²) in [4.78, 5) is 20.9. The number of nitrogens with one attached hydrogen (secondary N) is 1. The Balaban J connectivity index is 1.55. The van der Waals surface area contributed by atoms with Crippen molar-refractivity contribution in [2.24, 2.45) is 0 Å². The quantitative estimate of drug-likeness (QED) is 0.377. The molecule has 0 spiro atoms. The molecular weight excluding hydrogens is 430 g/mol. The lowest BCUT2D eigenvalue weighted by Gasteiger charge is -2.12. The number of aryl methyl sites for hydroxylation is 2. The second-order valence-corrected chi connectivity index (χ2v) is 8.10. The third kappa shape index (κ3) is 3.81. The normalized spacial score (nSPS) is 11.2. The number of hydrogen-bond acceptors (Lipinski definition) is 6. The van der Waals surface area contributed by atoms with E-state index in [4.69, 9.17) is 4.98 Å². The number of carbonyl (C=O) groups is 1. The maximum Gasteiger partial charge on any atom is 0.339 e. The summed E-state index contributed by atoms with van der Waals surface area (Å²) >= 11 is 0. The Bertz CT molecular complexity index is 1470. The van der Waals surface area contributed by atoms with Gasteiger partial charge in [0.05, 0.1) is 11.2 Å². The molecule has 0 radical (unpaired) electrons. The van der Waals surface area contributed by atoms with E-state index in [1.807, 2.05) is 35.8 Å². The molecule has 2 N–H and O–H groups in total. The van der Waals surface area contributed by atoms with Gasteiger partial charge in [0.25, 0.3) is 0 Å². The molecule has 0 saturated carbocycles. The molecule has 170 valence electrons. The maximum atomic E-state index is 11.9. The fourth-order valence-corrected chi connectivity index (χ4v) is 4.23. The fourth-order valence-electron chi connectivity index (χ4n) is 4.23. The minimum Gasteiger partial charge on any atom is -0.478 e. The van der Waals surface area contributed by atoms with Gasteiger partial charge in [-0.1, -0.05) is 55.5 Å². The van der Waals surface area contributed by atoms with Crippen LogP contribution in [-0.2, 0) is 13.0 Å². The summed E-state index contributed by atoms with van der Waals surface area (Å²) < 4.78 is 2.01. The first-order valence-electron chi connectivity index (χ1n) is 11.1. The first-order chi connectivity index (χ1) is 16.6. The van der Waals surface area contributed by atoms with Crippen LogP contribution in [0.25, 0.3) is 33.5 Å². The molecule has 0 saturated heterocycles. The van der Waals surface area contributed by atoms with E-state index < -0.39 is 5.97 Å². The van der Waals surface area contributed by atoms with E-state index in [1.165, 1.54) is 6.20 Å². The third-order valence-electron chi connectivity index (χ3n) is 5.85. The molecule has 3 heterocycles. The number of H-pyrrole nitrogens is 1. The average molecular weight is 454 g/mol. The smallest absolute Gasteiger partial charge is 0.339 e. The average Bonchev–Trinajstić information content (AvgIpc) is 3.50. The lowest BCUT2D eigenvalue weighted by atomic mass is 9.98. The molecule has 5 rings (SSSR count).